The summed E-state index contributed by atoms with van der Waals surface area (Å²) in [6.07, 6.45) is 3.20. The van der Waals surface area contributed by atoms with Gasteiger partial charge in [0.25, 0.3) is 10.0 Å². The Kier molecular flexibility index (Phi) is 4.24. The van der Waals surface area contributed by atoms with Crippen LogP contribution in [0.25, 0.3) is 11.0 Å². The molecule has 1 aromatic heterocycles. The van der Waals surface area contributed by atoms with Crippen LogP contribution in [-0.4, -0.2) is 25.4 Å². The lowest BCUT2D eigenvalue weighted by Gasteiger charge is -2.20. The van der Waals surface area contributed by atoms with Crippen LogP contribution < -0.4 is 4.31 Å². The van der Waals surface area contributed by atoms with Crippen molar-refractivity contribution >= 4 is 26.7 Å². The number of anilines is 1. The number of hydrogen-bond donors (Lipinski definition) is 0. The van der Waals surface area contributed by atoms with Crippen LogP contribution in [0, 0.1) is 0 Å². The molecule has 124 valence electrons. The Hall–Kier alpha value is -2.47. The number of fused-ring (bicyclic) bond motifs is 1. The second-order valence-electron chi connectivity index (χ2n) is 5.93. The number of hydrogen-bond acceptors (Lipinski definition) is 4. The minimum Gasteiger partial charge on any atom is -0.269 e. The number of rotatable bonds is 4. The molecule has 0 aliphatic rings. The van der Waals surface area contributed by atoms with Crippen LogP contribution in [0.3, 0.4) is 0 Å². The predicted molar refractivity (Wildman–Crippen MR) is 95.7 cm³/mol. The molecule has 0 fully saturated rings. The van der Waals surface area contributed by atoms with Crippen LogP contribution in [0.5, 0.6) is 0 Å². The summed E-state index contributed by atoms with van der Waals surface area (Å²) in [6, 6.07) is 12.3. The summed E-state index contributed by atoms with van der Waals surface area (Å²) in [6.45, 7) is 4.15. The molecule has 0 unspecified atom stereocenters. The first-order chi connectivity index (χ1) is 11.4. The maximum Gasteiger partial charge on any atom is 0.264 e. The van der Waals surface area contributed by atoms with Crippen molar-refractivity contribution in [2.24, 2.45) is 0 Å². The molecule has 24 heavy (non-hydrogen) atoms. The first kappa shape index (κ1) is 16.4. The van der Waals surface area contributed by atoms with E-state index in [4.69, 9.17) is 0 Å². The Labute approximate surface area is 142 Å². The van der Waals surface area contributed by atoms with E-state index in [2.05, 4.69) is 23.8 Å². The molecule has 0 aliphatic carbocycles. The second-order valence-corrected chi connectivity index (χ2v) is 7.89. The number of sulfonamides is 1. The van der Waals surface area contributed by atoms with Crippen molar-refractivity contribution in [2.75, 3.05) is 11.4 Å². The Morgan fingerprint density at radius 2 is 1.54 bits per heavy atom. The zero-order chi connectivity index (χ0) is 17.3. The Balaban J connectivity index is 1.98. The molecule has 0 N–H and O–H groups in total. The average Bonchev–Trinajstić information content (AvgIpc) is 2.60. The molecule has 0 bridgehead atoms. The topological polar surface area (TPSA) is 63.2 Å². The Bertz CT molecular complexity index is 967. The van der Waals surface area contributed by atoms with Crippen molar-refractivity contribution in [1.29, 1.82) is 0 Å². The van der Waals surface area contributed by atoms with Gasteiger partial charge in [-0.1, -0.05) is 26.0 Å². The van der Waals surface area contributed by atoms with Crippen molar-refractivity contribution < 1.29 is 8.42 Å². The van der Waals surface area contributed by atoms with Gasteiger partial charge in [0.15, 0.2) is 0 Å². The van der Waals surface area contributed by atoms with E-state index in [-0.39, 0.29) is 4.90 Å². The Morgan fingerprint density at radius 1 is 0.917 bits per heavy atom. The van der Waals surface area contributed by atoms with Gasteiger partial charge < -0.3 is 0 Å². The average molecular weight is 341 g/mol. The standard InChI is InChI=1S/C18H19N3O2S/c1-13(2)14-4-7-16(8-5-14)24(22,23)21(3)15-6-9-17-18(12-15)20-11-10-19-17/h4-13H,1-3H3. The second kappa shape index (κ2) is 6.20. The zero-order valence-electron chi connectivity index (χ0n) is 13.8. The van der Waals surface area contributed by atoms with Gasteiger partial charge >= 0.3 is 0 Å². The molecular weight excluding hydrogens is 322 g/mol. The first-order valence-electron chi connectivity index (χ1n) is 7.69. The molecule has 0 radical (unpaired) electrons. The van der Waals surface area contributed by atoms with E-state index in [1.165, 1.54) is 4.31 Å². The zero-order valence-corrected chi connectivity index (χ0v) is 14.7. The highest BCUT2D eigenvalue weighted by molar-refractivity contribution is 7.92. The van der Waals surface area contributed by atoms with E-state index in [1.807, 2.05) is 12.1 Å². The van der Waals surface area contributed by atoms with Crippen molar-refractivity contribution in [3.8, 4) is 0 Å². The van der Waals surface area contributed by atoms with Gasteiger partial charge in [-0.05, 0) is 41.8 Å². The quantitative estimate of drug-likeness (QED) is 0.728. The maximum atomic E-state index is 12.8. The van der Waals surface area contributed by atoms with Gasteiger partial charge in [0.2, 0.25) is 0 Å². The van der Waals surface area contributed by atoms with Crippen LogP contribution in [0.1, 0.15) is 25.3 Å². The molecule has 6 heteroatoms. The third kappa shape index (κ3) is 2.97. The Morgan fingerprint density at radius 3 is 2.17 bits per heavy atom. The summed E-state index contributed by atoms with van der Waals surface area (Å²) >= 11 is 0. The van der Waals surface area contributed by atoms with Gasteiger partial charge in [0.1, 0.15) is 0 Å². The molecule has 0 amide bonds. The van der Waals surface area contributed by atoms with Gasteiger partial charge in [0, 0.05) is 19.4 Å². The summed E-state index contributed by atoms with van der Waals surface area (Å²) in [5.74, 6) is 0.360. The molecule has 3 aromatic rings. The summed E-state index contributed by atoms with van der Waals surface area (Å²) in [7, 11) is -2.07. The third-order valence-electron chi connectivity index (χ3n) is 4.02. The largest absolute Gasteiger partial charge is 0.269 e. The first-order valence-corrected chi connectivity index (χ1v) is 9.13. The molecule has 0 saturated carbocycles. The lowest BCUT2D eigenvalue weighted by Crippen LogP contribution is -2.26. The monoisotopic (exact) mass is 341 g/mol. The van der Waals surface area contributed by atoms with Crippen LogP contribution in [0.4, 0.5) is 5.69 Å². The van der Waals surface area contributed by atoms with Crippen molar-refractivity contribution in [2.45, 2.75) is 24.7 Å². The van der Waals surface area contributed by atoms with Gasteiger partial charge in [-0.25, -0.2) is 8.42 Å². The molecule has 3 rings (SSSR count). The van der Waals surface area contributed by atoms with Crippen molar-refractivity contribution in [3.63, 3.8) is 0 Å². The number of aromatic nitrogens is 2. The van der Waals surface area contributed by atoms with E-state index in [0.717, 1.165) is 11.1 Å². The highest BCUT2D eigenvalue weighted by Gasteiger charge is 2.21. The molecule has 5 nitrogen and oxygen atoms in total. The van der Waals surface area contributed by atoms with E-state index >= 15 is 0 Å². The normalized spacial score (nSPS) is 11.8. The number of benzene rings is 2. The van der Waals surface area contributed by atoms with Crippen LogP contribution >= 0.6 is 0 Å². The summed E-state index contributed by atoms with van der Waals surface area (Å²) < 4.78 is 26.9. The SMILES string of the molecule is CC(C)c1ccc(S(=O)(=O)N(C)c2ccc3nccnc3c2)cc1. The van der Waals surface area contributed by atoms with E-state index in [1.54, 1.807) is 49.8 Å². The molecule has 1 heterocycles. The van der Waals surface area contributed by atoms with Crippen LogP contribution in [-0.2, 0) is 10.0 Å². The molecule has 2 aromatic carbocycles. The third-order valence-corrected chi connectivity index (χ3v) is 5.82. The maximum absolute atomic E-state index is 12.8. The smallest absolute Gasteiger partial charge is 0.264 e. The minimum atomic E-state index is -3.62. The van der Waals surface area contributed by atoms with E-state index in [9.17, 15) is 8.42 Å². The summed E-state index contributed by atoms with van der Waals surface area (Å²) in [4.78, 5) is 8.70. The molecule has 0 atom stereocenters. The number of nitrogens with zero attached hydrogens (tertiary/aromatic N) is 3. The van der Waals surface area contributed by atoms with Gasteiger partial charge in [0.05, 0.1) is 21.6 Å². The molecular formula is C18H19N3O2S. The van der Waals surface area contributed by atoms with Crippen molar-refractivity contribution in [1.82, 2.24) is 9.97 Å². The fourth-order valence-corrected chi connectivity index (χ4v) is 3.66. The minimum absolute atomic E-state index is 0.272. The van der Waals surface area contributed by atoms with E-state index < -0.39 is 10.0 Å². The van der Waals surface area contributed by atoms with Crippen LogP contribution in [0.2, 0.25) is 0 Å². The summed E-state index contributed by atoms with van der Waals surface area (Å²) in [5, 5.41) is 0. The predicted octanol–water partition coefficient (Wildman–Crippen LogP) is 3.58. The van der Waals surface area contributed by atoms with Gasteiger partial charge in [-0.2, -0.15) is 0 Å². The fourth-order valence-electron chi connectivity index (χ4n) is 2.47. The lowest BCUT2D eigenvalue weighted by molar-refractivity contribution is 0.594. The highest BCUT2D eigenvalue weighted by atomic mass is 32.2. The van der Waals surface area contributed by atoms with Gasteiger partial charge in [-0.15, -0.1) is 0 Å². The highest BCUT2D eigenvalue weighted by Crippen LogP contribution is 2.25. The molecule has 0 spiro atoms. The molecule has 0 saturated heterocycles. The van der Waals surface area contributed by atoms with Crippen LogP contribution in [0.15, 0.2) is 59.8 Å². The summed E-state index contributed by atoms with van der Waals surface area (Å²) in [5.41, 5.74) is 3.05. The van der Waals surface area contributed by atoms with Crippen molar-refractivity contribution in [3.05, 3.63) is 60.4 Å². The van der Waals surface area contributed by atoms with Gasteiger partial charge in [-0.3, -0.25) is 14.3 Å². The molecule has 0 aliphatic heterocycles. The van der Waals surface area contributed by atoms with E-state index in [0.29, 0.717) is 17.1 Å². The lowest BCUT2D eigenvalue weighted by atomic mass is 10.0. The fraction of sp³-hybridized carbons (Fsp3) is 0.222.